The van der Waals surface area contributed by atoms with Crippen LogP contribution in [0.2, 0.25) is 0 Å². The highest BCUT2D eigenvalue weighted by Crippen LogP contribution is 2.28. The van der Waals surface area contributed by atoms with Gasteiger partial charge in [-0.05, 0) is 19.3 Å². The van der Waals surface area contributed by atoms with Crippen LogP contribution in [0.1, 0.15) is 20.3 Å². The van der Waals surface area contributed by atoms with E-state index in [1.54, 1.807) is 0 Å². The molecule has 0 aliphatic heterocycles. The van der Waals surface area contributed by atoms with Gasteiger partial charge in [0.15, 0.2) is 5.60 Å². The normalized spacial score (nSPS) is 27.7. The Morgan fingerprint density at radius 2 is 2.07 bits per heavy atom. The molecular weight excluding hydrogens is 200 g/mol. The van der Waals surface area contributed by atoms with Gasteiger partial charge in [-0.25, -0.2) is 9.59 Å². The molecule has 86 valence electrons. The lowest BCUT2D eigenvalue weighted by Gasteiger charge is -2.18. The molecule has 0 aromatic carbocycles. The first kappa shape index (κ1) is 11.8. The molecule has 2 amide bonds. The van der Waals surface area contributed by atoms with Crippen molar-refractivity contribution in [3.8, 4) is 0 Å². The molecule has 0 aromatic heterocycles. The Morgan fingerprint density at radius 1 is 1.53 bits per heavy atom. The SMILES string of the molecule is CC1CC1NC(=O)NCC(C)(O)C(=O)O. The summed E-state index contributed by atoms with van der Waals surface area (Å²) in [7, 11) is 0. The van der Waals surface area contributed by atoms with Gasteiger partial charge in [0, 0.05) is 6.04 Å². The summed E-state index contributed by atoms with van der Waals surface area (Å²) in [6.07, 6.45) is 0.947. The van der Waals surface area contributed by atoms with Gasteiger partial charge in [0.05, 0.1) is 6.54 Å². The van der Waals surface area contributed by atoms with E-state index in [2.05, 4.69) is 10.6 Å². The third kappa shape index (κ3) is 3.39. The molecule has 0 heterocycles. The van der Waals surface area contributed by atoms with Crippen molar-refractivity contribution < 1.29 is 19.8 Å². The predicted octanol–water partition coefficient (Wildman–Crippen LogP) is -0.470. The zero-order chi connectivity index (χ0) is 11.6. The third-order valence-electron chi connectivity index (χ3n) is 2.48. The Bertz CT molecular complexity index is 277. The molecule has 0 aromatic rings. The number of hydrogen-bond acceptors (Lipinski definition) is 3. The second-order valence-electron chi connectivity index (χ2n) is 4.23. The van der Waals surface area contributed by atoms with Crippen LogP contribution < -0.4 is 10.6 Å². The van der Waals surface area contributed by atoms with E-state index in [0.717, 1.165) is 13.3 Å². The number of urea groups is 1. The van der Waals surface area contributed by atoms with Gasteiger partial charge in [-0.15, -0.1) is 0 Å². The average Bonchev–Trinajstić information content (AvgIpc) is 2.78. The van der Waals surface area contributed by atoms with Crippen molar-refractivity contribution in [1.82, 2.24) is 10.6 Å². The number of carbonyl (C=O) groups is 2. The molecule has 3 atom stereocenters. The fraction of sp³-hybridized carbons (Fsp3) is 0.778. The van der Waals surface area contributed by atoms with Gasteiger partial charge in [-0.3, -0.25) is 0 Å². The van der Waals surface area contributed by atoms with Crippen molar-refractivity contribution in [2.75, 3.05) is 6.54 Å². The van der Waals surface area contributed by atoms with Crippen LogP contribution in [0.4, 0.5) is 4.79 Å². The number of carbonyl (C=O) groups excluding carboxylic acids is 1. The minimum Gasteiger partial charge on any atom is -0.479 e. The molecule has 0 radical (unpaired) electrons. The number of carboxylic acid groups (broad SMARTS) is 1. The third-order valence-corrected chi connectivity index (χ3v) is 2.48. The second-order valence-corrected chi connectivity index (χ2v) is 4.23. The molecule has 0 bridgehead atoms. The molecule has 1 saturated carbocycles. The maximum atomic E-state index is 11.2. The summed E-state index contributed by atoms with van der Waals surface area (Å²) >= 11 is 0. The minimum absolute atomic E-state index is 0.180. The maximum absolute atomic E-state index is 11.2. The summed E-state index contributed by atoms with van der Waals surface area (Å²) in [6, 6.07) is -0.259. The molecule has 1 fully saturated rings. The summed E-state index contributed by atoms with van der Waals surface area (Å²) in [5.74, 6) is -0.877. The zero-order valence-electron chi connectivity index (χ0n) is 8.78. The summed E-state index contributed by atoms with van der Waals surface area (Å²) < 4.78 is 0. The fourth-order valence-corrected chi connectivity index (χ4v) is 1.07. The quantitative estimate of drug-likeness (QED) is 0.510. The number of amides is 2. The molecule has 6 nitrogen and oxygen atoms in total. The summed E-state index contributed by atoms with van der Waals surface area (Å²) in [4.78, 5) is 21.7. The van der Waals surface area contributed by atoms with Crippen molar-refractivity contribution in [1.29, 1.82) is 0 Å². The van der Waals surface area contributed by atoms with E-state index < -0.39 is 17.6 Å². The number of hydrogen-bond donors (Lipinski definition) is 4. The van der Waals surface area contributed by atoms with Crippen LogP contribution in [-0.4, -0.2) is 40.4 Å². The molecule has 4 N–H and O–H groups in total. The standard InChI is InChI=1S/C9H16N2O4/c1-5-3-6(5)11-8(14)10-4-9(2,15)7(12)13/h5-6,15H,3-4H2,1-2H3,(H,12,13)(H2,10,11,14). The average molecular weight is 216 g/mol. The van der Waals surface area contributed by atoms with Crippen molar-refractivity contribution in [2.45, 2.75) is 31.9 Å². The van der Waals surface area contributed by atoms with Crippen molar-refractivity contribution >= 4 is 12.0 Å². The maximum Gasteiger partial charge on any atom is 0.337 e. The summed E-state index contributed by atoms with van der Waals surface area (Å²) in [5, 5.41) is 22.8. The number of carboxylic acids is 1. The molecule has 6 heteroatoms. The highest BCUT2D eigenvalue weighted by Gasteiger charge is 2.35. The first-order valence-corrected chi connectivity index (χ1v) is 4.83. The van der Waals surface area contributed by atoms with E-state index in [4.69, 9.17) is 5.11 Å². The van der Waals surface area contributed by atoms with E-state index in [9.17, 15) is 14.7 Å². The van der Waals surface area contributed by atoms with Crippen LogP contribution in [0.3, 0.4) is 0 Å². The van der Waals surface area contributed by atoms with Crippen LogP contribution in [0.5, 0.6) is 0 Å². The number of aliphatic carboxylic acids is 1. The molecule has 3 unspecified atom stereocenters. The monoisotopic (exact) mass is 216 g/mol. The Hall–Kier alpha value is -1.30. The number of nitrogens with one attached hydrogen (secondary N) is 2. The van der Waals surface area contributed by atoms with E-state index >= 15 is 0 Å². The van der Waals surface area contributed by atoms with Crippen LogP contribution in [-0.2, 0) is 4.79 Å². The first-order chi connectivity index (χ1) is 6.83. The van der Waals surface area contributed by atoms with Gasteiger partial charge >= 0.3 is 12.0 Å². The fourth-order valence-electron chi connectivity index (χ4n) is 1.07. The summed E-state index contributed by atoms with van der Waals surface area (Å²) in [6.45, 7) is 2.84. The molecule has 1 aliphatic carbocycles. The van der Waals surface area contributed by atoms with Gasteiger partial charge in [0.2, 0.25) is 0 Å². The molecule has 1 aliphatic rings. The minimum atomic E-state index is -1.92. The molecule has 0 spiro atoms. The zero-order valence-corrected chi connectivity index (χ0v) is 8.78. The topological polar surface area (TPSA) is 98.7 Å². The Morgan fingerprint density at radius 3 is 2.47 bits per heavy atom. The smallest absolute Gasteiger partial charge is 0.337 e. The molecule has 1 rings (SSSR count). The van der Waals surface area contributed by atoms with Gasteiger partial charge in [-0.2, -0.15) is 0 Å². The van der Waals surface area contributed by atoms with Gasteiger partial charge in [0.25, 0.3) is 0 Å². The van der Waals surface area contributed by atoms with Gasteiger partial charge in [-0.1, -0.05) is 6.92 Å². The van der Waals surface area contributed by atoms with Crippen LogP contribution >= 0.6 is 0 Å². The highest BCUT2D eigenvalue weighted by molar-refractivity contribution is 5.79. The molecule has 15 heavy (non-hydrogen) atoms. The van der Waals surface area contributed by atoms with E-state index in [1.807, 2.05) is 6.92 Å². The van der Waals surface area contributed by atoms with Gasteiger partial charge in [0.1, 0.15) is 0 Å². The van der Waals surface area contributed by atoms with Crippen molar-refractivity contribution in [3.63, 3.8) is 0 Å². The highest BCUT2D eigenvalue weighted by atomic mass is 16.4. The Kier molecular flexibility index (Phi) is 3.18. The Labute approximate surface area is 87.7 Å². The number of rotatable bonds is 4. The van der Waals surface area contributed by atoms with Crippen molar-refractivity contribution in [3.05, 3.63) is 0 Å². The van der Waals surface area contributed by atoms with Crippen LogP contribution in [0.25, 0.3) is 0 Å². The second kappa shape index (κ2) is 4.06. The first-order valence-electron chi connectivity index (χ1n) is 4.83. The number of aliphatic hydroxyl groups is 1. The lowest BCUT2D eigenvalue weighted by atomic mass is 10.1. The summed E-state index contributed by atoms with van der Waals surface area (Å²) in [5.41, 5.74) is -1.92. The lowest BCUT2D eigenvalue weighted by molar-refractivity contribution is -0.155. The van der Waals surface area contributed by atoms with E-state index in [0.29, 0.717) is 5.92 Å². The largest absolute Gasteiger partial charge is 0.479 e. The lowest BCUT2D eigenvalue weighted by Crippen LogP contribution is -2.49. The van der Waals surface area contributed by atoms with Crippen LogP contribution in [0, 0.1) is 5.92 Å². The predicted molar refractivity (Wildman–Crippen MR) is 52.4 cm³/mol. The Balaban J connectivity index is 2.24. The van der Waals surface area contributed by atoms with Crippen molar-refractivity contribution in [2.24, 2.45) is 5.92 Å². The molecule has 0 saturated heterocycles. The van der Waals surface area contributed by atoms with E-state index in [1.165, 1.54) is 0 Å². The van der Waals surface area contributed by atoms with Crippen LogP contribution in [0.15, 0.2) is 0 Å². The van der Waals surface area contributed by atoms with E-state index in [-0.39, 0.29) is 12.6 Å². The van der Waals surface area contributed by atoms with Gasteiger partial charge < -0.3 is 20.8 Å². The molecular formula is C9H16N2O4.